The van der Waals surface area contributed by atoms with Gasteiger partial charge in [-0.25, -0.2) is 0 Å². The van der Waals surface area contributed by atoms with Gasteiger partial charge in [-0.3, -0.25) is 0 Å². The third-order valence-corrected chi connectivity index (χ3v) is 6.90. The molecule has 0 radical (unpaired) electrons. The van der Waals surface area contributed by atoms with Gasteiger partial charge >= 0.3 is 103 Å². The third kappa shape index (κ3) is 2.50. The molecular formula is C11H24NO4P. The number of rotatable bonds is 4. The van der Waals surface area contributed by atoms with Crippen LogP contribution >= 0.6 is 7.51 Å². The zero-order valence-electron chi connectivity index (χ0n) is 11.2. The molecule has 0 bridgehead atoms. The van der Waals surface area contributed by atoms with E-state index >= 15 is 0 Å². The summed E-state index contributed by atoms with van der Waals surface area (Å²) in [6.45, 7) is 11.2. The first-order valence-electron chi connectivity index (χ1n) is 6.43. The van der Waals surface area contributed by atoms with Crippen LogP contribution in [0.1, 0.15) is 27.7 Å². The number of hydrogen-bond acceptors (Lipinski definition) is 5. The van der Waals surface area contributed by atoms with Gasteiger partial charge in [0.25, 0.3) is 0 Å². The van der Waals surface area contributed by atoms with Gasteiger partial charge in [0, 0.05) is 0 Å². The SMILES string of the molecule is CCN(CC)CP12(OCC(C)O1)OCC(C)O2. The van der Waals surface area contributed by atoms with Gasteiger partial charge in [-0.1, -0.05) is 0 Å². The molecule has 2 fully saturated rings. The van der Waals surface area contributed by atoms with Crippen LogP contribution in [0.5, 0.6) is 0 Å². The van der Waals surface area contributed by atoms with Crippen molar-refractivity contribution in [1.82, 2.24) is 4.90 Å². The monoisotopic (exact) mass is 265 g/mol. The average molecular weight is 265 g/mol. The quantitative estimate of drug-likeness (QED) is 0.730. The van der Waals surface area contributed by atoms with Crippen LogP contribution in [0.2, 0.25) is 0 Å². The predicted molar refractivity (Wildman–Crippen MR) is 67.7 cm³/mol. The van der Waals surface area contributed by atoms with Crippen LogP contribution in [0.4, 0.5) is 0 Å². The van der Waals surface area contributed by atoms with Crippen molar-refractivity contribution >= 4 is 7.51 Å². The number of hydrogen-bond donors (Lipinski definition) is 0. The fraction of sp³-hybridized carbons (Fsp3) is 1.00. The first-order valence-corrected chi connectivity index (χ1v) is 8.52. The van der Waals surface area contributed by atoms with E-state index in [1.54, 1.807) is 0 Å². The molecule has 6 heteroatoms. The van der Waals surface area contributed by atoms with Gasteiger partial charge in [-0.15, -0.1) is 0 Å². The van der Waals surface area contributed by atoms with Crippen molar-refractivity contribution in [1.29, 1.82) is 0 Å². The van der Waals surface area contributed by atoms with Gasteiger partial charge in [0.2, 0.25) is 0 Å². The third-order valence-electron chi connectivity index (χ3n) is 3.21. The van der Waals surface area contributed by atoms with E-state index in [1.165, 1.54) is 0 Å². The molecule has 2 aliphatic rings. The van der Waals surface area contributed by atoms with Gasteiger partial charge in [0.15, 0.2) is 0 Å². The van der Waals surface area contributed by atoms with Crippen molar-refractivity contribution in [2.75, 3.05) is 32.6 Å². The molecule has 17 heavy (non-hydrogen) atoms. The van der Waals surface area contributed by atoms with Crippen molar-refractivity contribution in [2.24, 2.45) is 0 Å². The van der Waals surface area contributed by atoms with E-state index in [2.05, 4.69) is 18.7 Å². The summed E-state index contributed by atoms with van der Waals surface area (Å²) in [5, 5.41) is 0. The Hall–Kier alpha value is 0.230. The van der Waals surface area contributed by atoms with Gasteiger partial charge in [-0.05, 0) is 0 Å². The summed E-state index contributed by atoms with van der Waals surface area (Å²) in [5.41, 5.74) is 0. The maximum absolute atomic E-state index is 6.02. The normalized spacial score (nSPS) is 37.4. The summed E-state index contributed by atoms with van der Waals surface area (Å²) in [5.74, 6) is 0. The molecule has 2 atom stereocenters. The van der Waals surface area contributed by atoms with E-state index in [0.29, 0.717) is 19.5 Å². The Morgan fingerprint density at radius 2 is 1.47 bits per heavy atom. The summed E-state index contributed by atoms with van der Waals surface area (Å²) < 4.78 is 23.9. The van der Waals surface area contributed by atoms with Gasteiger partial charge < -0.3 is 0 Å². The molecule has 0 aliphatic carbocycles. The Balaban J connectivity index is 2.19. The first kappa shape index (κ1) is 13.7. The summed E-state index contributed by atoms with van der Waals surface area (Å²) in [6.07, 6.45) is 0.717. The van der Waals surface area contributed by atoms with Crippen molar-refractivity contribution in [2.45, 2.75) is 39.9 Å². The van der Waals surface area contributed by atoms with Crippen molar-refractivity contribution in [3.8, 4) is 0 Å². The second kappa shape index (κ2) is 4.72. The summed E-state index contributed by atoms with van der Waals surface area (Å²) >= 11 is 0. The van der Waals surface area contributed by atoms with Crippen LogP contribution in [0.3, 0.4) is 0 Å². The van der Waals surface area contributed by atoms with Gasteiger partial charge in [0.05, 0.1) is 0 Å². The second-order valence-electron chi connectivity index (χ2n) is 4.83. The molecule has 2 unspecified atom stereocenters. The molecule has 0 amide bonds. The predicted octanol–water partition coefficient (Wildman–Crippen LogP) is 2.37. The van der Waals surface area contributed by atoms with E-state index in [4.69, 9.17) is 18.1 Å². The van der Waals surface area contributed by atoms with Crippen LogP contribution in [-0.4, -0.2) is 49.7 Å². The maximum atomic E-state index is 6.02. The fourth-order valence-electron chi connectivity index (χ4n) is 2.34. The van der Waals surface area contributed by atoms with Crippen LogP contribution in [-0.2, 0) is 18.1 Å². The van der Waals surface area contributed by atoms with E-state index < -0.39 is 7.51 Å². The Morgan fingerprint density at radius 3 is 1.76 bits per heavy atom. The first-order chi connectivity index (χ1) is 8.01. The molecule has 102 valence electrons. The zero-order valence-corrected chi connectivity index (χ0v) is 12.1. The molecule has 2 rings (SSSR count). The topological polar surface area (TPSA) is 40.2 Å². The summed E-state index contributed by atoms with van der Waals surface area (Å²) in [6, 6.07) is 0. The van der Waals surface area contributed by atoms with Crippen LogP contribution < -0.4 is 0 Å². The molecule has 1 spiro atoms. The van der Waals surface area contributed by atoms with Crippen molar-refractivity contribution in [3.63, 3.8) is 0 Å². The minimum absolute atomic E-state index is 0.0496. The molecule has 0 N–H and O–H groups in total. The number of nitrogens with zero attached hydrogens (tertiary/aromatic N) is 1. The van der Waals surface area contributed by atoms with Crippen LogP contribution in [0, 0.1) is 0 Å². The van der Waals surface area contributed by atoms with Crippen LogP contribution in [0.25, 0.3) is 0 Å². The minimum atomic E-state index is -3.30. The van der Waals surface area contributed by atoms with Gasteiger partial charge in [0.1, 0.15) is 0 Å². The standard InChI is InChI=1S/C11H24NO4P/c1-5-12(6-2)9-17(13-7-10(3)15-17)14-8-11(4)16-17/h10-11H,5-9H2,1-4H3. The zero-order chi connectivity index (χ0) is 12.5. The summed E-state index contributed by atoms with van der Waals surface area (Å²) in [7, 11) is -3.30. The molecule has 0 aromatic carbocycles. The van der Waals surface area contributed by atoms with Crippen molar-refractivity contribution < 1.29 is 18.1 Å². The Kier molecular flexibility index (Phi) is 3.79. The second-order valence-corrected chi connectivity index (χ2v) is 7.98. The van der Waals surface area contributed by atoms with E-state index in [9.17, 15) is 0 Å². The molecule has 2 aliphatic heterocycles. The van der Waals surface area contributed by atoms with Gasteiger partial charge in [-0.2, -0.15) is 0 Å². The van der Waals surface area contributed by atoms with E-state index in [0.717, 1.165) is 13.1 Å². The molecule has 0 saturated carbocycles. The van der Waals surface area contributed by atoms with E-state index in [-0.39, 0.29) is 12.2 Å². The molecule has 0 aromatic rings. The molecular weight excluding hydrogens is 241 g/mol. The molecule has 0 aromatic heterocycles. The Morgan fingerprint density at radius 1 is 1.00 bits per heavy atom. The summed E-state index contributed by atoms with van der Waals surface area (Å²) in [4.78, 5) is 2.24. The molecule has 2 saturated heterocycles. The Bertz CT molecular complexity index is 265. The molecule has 5 nitrogen and oxygen atoms in total. The van der Waals surface area contributed by atoms with E-state index in [1.807, 2.05) is 13.8 Å². The Labute approximate surface area is 104 Å². The fourth-order valence-corrected chi connectivity index (χ4v) is 6.56. The van der Waals surface area contributed by atoms with Crippen molar-refractivity contribution in [3.05, 3.63) is 0 Å². The van der Waals surface area contributed by atoms with Crippen LogP contribution in [0.15, 0.2) is 0 Å². The molecule has 2 heterocycles. The average Bonchev–Trinajstić information content (AvgIpc) is 2.80.